The van der Waals surface area contributed by atoms with Gasteiger partial charge in [0, 0.05) is 36.0 Å². The predicted molar refractivity (Wildman–Crippen MR) is 91.2 cm³/mol. The number of hydrogen-bond acceptors (Lipinski definition) is 2. The summed E-state index contributed by atoms with van der Waals surface area (Å²) in [6.45, 7) is 2.58. The van der Waals surface area contributed by atoms with Gasteiger partial charge in [0.15, 0.2) is 0 Å². The number of nitrogens with one attached hydrogen (secondary N) is 2. The van der Waals surface area contributed by atoms with Crippen molar-refractivity contribution in [3.05, 3.63) is 77.6 Å². The Labute approximate surface area is 135 Å². The molecule has 1 aromatic heterocycles. The van der Waals surface area contributed by atoms with Crippen LogP contribution >= 0.6 is 0 Å². The SMILES string of the molecule is Cc1ccc(C(=O)NCCc2cnc(-c3ccccc3)[nH]2)cc1. The van der Waals surface area contributed by atoms with E-state index in [9.17, 15) is 4.79 Å². The summed E-state index contributed by atoms with van der Waals surface area (Å²) < 4.78 is 0. The Morgan fingerprint density at radius 1 is 1.09 bits per heavy atom. The molecule has 0 spiro atoms. The van der Waals surface area contributed by atoms with Crippen LogP contribution in [-0.4, -0.2) is 22.4 Å². The molecule has 0 aliphatic carbocycles. The number of rotatable bonds is 5. The number of aromatic nitrogens is 2. The summed E-state index contributed by atoms with van der Waals surface area (Å²) in [6.07, 6.45) is 2.54. The average Bonchev–Trinajstić information content (AvgIpc) is 3.05. The summed E-state index contributed by atoms with van der Waals surface area (Å²) in [6, 6.07) is 17.5. The van der Waals surface area contributed by atoms with Gasteiger partial charge in [-0.1, -0.05) is 48.0 Å². The highest BCUT2D eigenvalue weighted by Crippen LogP contribution is 2.14. The molecule has 0 bridgehead atoms. The first-order valence-electron chi connectivity index (χ1n) is 7.66. The van der Waals surface area contributed by atoms with Crippen molar-refractivity contribution in [1.82, 2.24) is 15.3 Å². The summed E-state index contributed by atoms with van der Waals surface area (Å²) in [4.78, 5) is 19.7. The van der Waals surface area contributed by atoms with Gasteiger partial charge in [0.2, 0.25) is 0 Å². The van der Waals surface area contributed by atoms with Crippen LogP contribution in [0.15, 0.2) is 60.8 Å². The van der Waals surface area contributed by atoms with Crippen LogP contribution in [0.1, 0.15) is 21.6 Å². The Balaban J connectivity index is 1.54. The molecule has 0 radical (unpaired) electrons. The van der Waals surface area contributed by atoms with Gasteiger partial charge in [-0.3, -0.25) is 4.79 Å². The van der Waals surface area contributed by atoms with Crippen LogP contribution in [0.3, 0.4) is 0 Å². The van der Waals surface area contributed by atoms with Crippen molar-refractivity contribution >= 4 is 5.91 Å². The second kappa shape index (κ2) is 6.92. The third-order valence-electron chi connectivity index (χ3n) is 3.67. The van der Waals surface area contributed by atoms with E-state index in [2.05, 4.69) is 15.3 Å². The zero-order chi connectivity index (χ0) is 16.1. The van der Waals surface area contributed by atoms with E-state index in [-0.39, 0.29) is 5.91 Å². The van der Waals surface area contributed by atoms with Gasteiger partial charge in [-0.2, -0.15) is 0 Å². The first-order valence-corrected chi connectivity index (χ1v) is 7.66. The zero-order valence-electron chi connectivity index (χ0n) is 13.0. The topological polar surface area (TPSA) is 57.8 Å². The fourth-order valence-electron chi connectivity index (χ4n) is 2.35. The van der Waals surface area contributed by atoms with Crippen molar-refractivity contribution in [3.63, 3.8) is 0 Å². The number of aromatic amines is 1. The van der Waals surface area contributed by atoms with Gasteiger partial charge in [-0.15, -0.1) is 0 Å². The van der Waals surface area contributed by atoms with Crippen LogP contribution in [0.2, 0.25) is 0 Å². The molecule has 4 nitrogen and oxygen atoms in total. The lowest BCUT2D eigenvalue weighted by Crippen LogP contribution is -2.25. The second-order valence-corrected chi connectivity index (χ2v) is 5.49. The van der Waals surface area contributed by atoms with Gasteiger partial charge < -0.3 is 10.3 Å². The Bertz CT molecular complexity index is 776. The lowest BCUT2D eigenvalue weighted by molar-refractivity contribution is 0.0954. The van der Waals surface area contributed by atoms with E-state index in [4.69, 9.17) is 0 Å². The molecule has 4 heteroatoms. The predicted octanol–water partition coefficient (Wildman–Crippen LogP) is 3.36. The van der Waals surface area contributed by atoms with Crippen molar-refractivity contribution in [2.75, 3.05) is 6.54 Å². The number of hydrogen-bond donors (Lipinski definition) is 2. The molecular weight excluding hydrogens is 286 g/mol. The molecule has 0 aliphatic rings. The van der Waals surface area contributed by atoms with Gasteiger partial charge in [0.05, 0.1) is 0 Å². The summed E-state index contributed by atoms with van der Waals surface area (Å²) in [5, 5.41) is 2.93. The minimum absolute atomic E-state index is 0.0483. The van der Waals surface area contributed by atoms with E-state index in [1.54, 1.807) is 0 Å². The van der Waals surface area contributed by atoms with Crippen molar-refractivity contribution < 1.29 is 4.79 Å². The first-order chi connectivity index (χ1) is 11.2. The summed E-state index contributed by atoms with van der Waals surface area (Å²) in [5.74, 6) is 0.804. The van der Waals surface area contributed by atoms with Crippen LogP contribution in [0.4, 0.5) is 0 Å². The smallest absolute Gasteiger partial charge is 0.251 e. The van der Waals surface area contributed by atoms with E-state index in [1.807, 2.05) is 67.7 Å². The van der Waals surface area contributed by atoms with Crippen molar-refractivity contribution in [3.8, 4) is 11.4 Å². The summed E-state index contributed by atoms with van der Waals surface area (Å²) in [7, 11) is 0. The van der Waals surface area contributed by atoms with E-state index >= 15 is 0 Å². The maximum atomic E-state index is 12.0. The molecule has 1 amide bonds. The molecular formula is C19H19N3O. The molecule has 0 atom stereocenters. The highest BCUT2D eigenvalue weighted by molar-refractivity contribution is 5.94. The molecule has 2 aromatic carbocycles. The largest absolute Gasteiger partial charge is 0.352 e. The lowest BCUT2D eigenvalue weighted by Gasteiger charge is -2.04. The Kier molecular flexibility index (Phi) is 4.52. The molecule has 0 fully saturated rings. The fraction of sp³-hybridized carbons (Fsp3) is 0.158. The number of carbonyl (C=O) groups is 1. The van der Waals surface area contributed by atoms with E-state index in [0.717, 1.165) is 29.1 Å². The van der Waals surface area contributed by atoms with Crippen molar-refractivity contribution in [2.24, 2.45) is 0 Å². The van der Waals surface area contributed by atoms with Crippen molar-refractivity contribution in [1.29, 1.82) is 0 Å². The molecule has 0 unspecified atom stereocenters. The van der Waals surface area contributed by atoms with Crippen LogP contribution in [-0.2, 0) is 6.42 Å². The molecule has 0 saturated heterocycles. The van der Waals surface area contributed by atoms with Gasteiger partial charge in [0.25, 0.3) is 5.91 Å². The average molecular weight is 305 g/mol. The number of benzene rings is 2. The number of imidazole rings is 1. The Morgan fingerprint density at radius 3 is 2.57 bits per heavy atom. The standard InChI is InChI=1S/C19H19N3O/c1-14-7-9-16(10-8-14)19(23)20-12-11-17-13-21-18(22-17)15-5-3-2-4-6-15/h2-10,13H,11-12H2,1H3,(H,20,23)(H,21,22). The van der Waals surface area contributed by atoms with Gasteiger partial charge in [0.1, 0.15) is 5.82 Å². The third kappa shape index (κ3) is 3.86. The van der Waals surface area contributed by atoms with Crippen LogP contribution in [0, 0.1) is 6.92 Å². The Morgan fingerprint density at radius 2 is 1.83 bits per heavy atom. The quantitative estimate of drug-likeness (QED) is 0.759. The fourth-order valence-corrected chi connectivity index (χ4v) is 2.35. The number of carbonyl (C=O) groups excluding carboxylic acids is 1. The molecule has 0 aliphatic heterocycles. The minimum Gasteiger partial charge on any atom is -0.352 e. The number of aryl methyl sites for hydroxylation is 1. The van der Waals surface area contributed by atoms with Gasteiger partial charge in [-0.25, -0.2) is 4.98 Å². The molecule has 0 saturated carbocycles. The van der Waals surface area contributed by atoms with Crippen LogP contribution in [0.25, 0.3) is 11.4 Å². The van der Waals surface area contributed by atoms with Gasteiger partial charge >= 0.3 is 0 Å². The summed E-state index contributed by atoms with van der Waals surface area (Å²) >= 11 is 0. The number of nitrogens with zero attached hydrogens (tertiary/aromatic N) is 1. The maximum Gasteiger partial charge on any atom is 0.251 e. The van der Waals surface area contributed by atoms with Crippen LogP contribution < -0.4 is 5.32 Å². The highest BCUT2D eigenvalue weighted by atomic mass is 16.1. The molecule has 2 N–H and O–H groups in total. The number of amides is 1. The van der Waals surface area contributed by atoms with E-state index < -0.39 is 0 Å². The van der Waals surface area contributed by atoms with Crippen LogP contribution in [0.5, 0.6) is 0 Å². The first kappa shape index (κ1) is 15.0. The zero-order valence-corrected chi connectivity index (χ0v) is 13.0. The number of H-pyrrole nitrogens is 1. The summed E-state index contributed by atoms with van der Waals surface area (Å²) in [5.41, 5.74) is 3.90. The Hall–Kier alpha value is -2.88. The monoisotopic (exact) mass is 305 g/mol. The molecule has 116 valence electrons. The second-order valence-electron chi connectivity index (χ2n) is 5.49. The lowest BCUT2D eigenvalue weighted by atomic mass is 10.1. The normalized spacial score (nSPS) is 10.5. The third-order valence-corrected chi connectivity index (χ3v) is 3.67. The molecule has 3 aromatic rings. The van der Waals surface area contributed by atoms with E-state index in [1.165, 1.54) is 0 Å². The maximum absolute atomic E-state index is 12.0. The molecule has 23 heavy (non-hydrogen) atoms. The molecule has 1 heterocycles. The minimum atomic E-state index is -0.0483. The highest BCUT2D eigenvalue weighted by Gasteiger charge is 2.06. The molecule has 3 rings (SSSR count). The van der Waals surface area contributed by atoms with Gasteiger partial charge in [-0.05, 0) is 19.1 Å². The van der Waals surface area contributed by atoms with Crippen molar-refractivity contribution in [2.45, 2.75) is 13.3 Å². The van der Waals surface area contributed by atoms with E-state index in [0.29, 0.717) is 12.1 Å².